The molecule has 1 atom stereocenters. The van der Waals surface area contributed by atoms with Crippen molar-refractivity contribution in [3.05, 3.63) is 81.0 Å². The fourth-order valence-electron chi connectivity index (χ4n) is 4.50. The number of anilines is 1. The molecule has 2 heterocycles. The summed E-state index contributed by atoms with van der Waals surface area (Å²) in [6, 6.07) is 16.0. The molecule has 0 saturated heterocycles. The van der Waals surface area contributed by atoms with Crippen molar-refractivity contribution in [1.82, 2.24) is 9.55 Å². The van der Waals surface area contributed by atoms with Gasteiger partial charge < -0.3 is 10.1 Å². The Bertz CT molecular complexity index is 1510. The lowest BCUT2D eigenvalue weighted by Gasteiger charge is -2.17. The lowest BCUT2D eigenvalue weighted by atomic mass is 9.89. The first-order chi connectivity index (χ1) is 17.9. The standard InChI is InChI=1S/C28H27N3O4S2/c1-3-35-27(34)18-10-12-19(13-11-18)29-23(32)16-36-28-30-25-24(21-14-9-17(2)15-22(21)37-25)26(33)31(28)20-7-5-4-6-8-20/h4-8,10-13,17H,3,9,14-16H2,1-2H3,(H,29,32)/t17-/m0/s1. The van der Waals surface area contributed by atoms with Crippen LogP contribution in [0.2, 0.25) is 0 Å². The second-order valence-corrected chi connectivity index (χ2v) is 11.1. The fourth-order valence-corrected chi connectivity index (χ4v) is 6.74. The third kappa shape index (κ3) is 5.33. The summed E-state index contributed by atoms with van der Waals surface area (Å²) in [6.07, 6.45) is 2.94. The zero-order chi connectivity index (χ0) is 25.9. The van der Waals surface area contributed by atoms with Gasteiger partial charge in [0, 0.05) is 10.6 Å². The third-order valence-electron chi connectivity index (χ3n) is 6.33. The smallest absolute Gasteiger partial charge is 0.338 e. The van der Waals surface area contributed by atoms with Crippen molar-refractivity contribution in [1.29, 1.82) is 0 Å². The van der Waals surface area contributed by atoms with Gasteiger partial charge in [-0.2, -0.15) is 0 Å². The first-order valence-electron chi connectivity index (χ1n) is 12.3. The SMILES string of the molecule is CCOC(=O)c1ccc(NC(=O)CSc2nc3sc4c(c3c(=O)n2-c2ccccc2)CC[C@H](C)C4)cc1. The molecule has 0 fully saturated rings. The lowest BCUT2D eigenvalue weighted by Crippen LogP contribution is -2.23. The van der Waals surface area contributed by atoms with Crippen LogP contribution in [-0.2, 0) is 22.4 Å². The number of benzene rings is 2. The van der Waals surface area contributed by atoms with Gasteiger partial charge in [0.25, 0.3) is 5.56 Å². The Labute approximate surface area is 222 Å². The van der Waals surface area contributed by atoms with E-state index in [0.29, 0.717) is 34.3 Å². The highest BCUT2D eigenvalue weighted by atomic mass is 32.2. The number of nitrogens with zero attached hydrogens (tertiary/aromatic N) is 2. The number of carbonyl (C=O) groups is 2. The number of aryl methyl sites for hydroxylation is 1. The predicted molar refractivity (Wildman–Crippen MR) is 148 cm³/mol. The first-order valence-corrected chi connectivity index (χ1v) is 14.1. The Hall–Kier alpha value is -3.43. The molecule has 5 rings (SSSR count). The number of aromatic nitrogens is 2. The second kappa shape index (κ2) is 10.9. The van der Waals surface area contributed by atoms with Gasteiger partial charge in [0.05, 0.1) is 29.0 Å². The number of thiophene rings is 1. The fraction of sp³-hybridized carbons (Fsp3) is 0.286. The van der Waals surface area contributed by atoms with E-state index in [0.717, 1.165) is 35.3 Å². The number of amides is 1. The molecule has 0 bridgehead atoms. The van der Waals surface area contributed by atoms with Gasteiger partial charge in [-0.15, -0.1) is 11.3 Å². The average Bonchev–Trinajstić information content (AvgIpc) is 3.26. The molecule has 9 heteroatoms. The zero-order valence-corrected chi connectivity index (χ0v) is 22.3. The number of nitrogens with one attached hydrogen (secondary N) is 1. The topological polar surface area (TPSA) is 90.3 Å². The maximum Gasteiger partial charge on any atom is 0.338 e. The number of hydrogen-bond donors (Lipinski definition) is 1. The molecule has 190 valence electrons. The van der Waals surface area contributed by atoms with Gasteiger partial charge in [-0.05, 0) is 74.1 Å². The molecule has 1 amide bonds. The van der Waals surface area contributed by atoms with Gasteiger partial charge in [-0.25, -0.2) is 9.78 Å². The van der Waals surface area contributed by atoms with Gasteiger partial charge in [-0.3, -0.25) is 14.2 Å². The second-order valence-electron chi connectivity index (χ2n) is 9.04. The van der Waals surface area contributed by atoms with E-state index in [1.54, 1.807) is 47.1 Å². The van der Waals surface area contributed by atoms with Crippen molar-refractivity contribution in [2.45, 2.75) is 38.3 Å². The number of para-hydroxylation sites is 1. The third-order valence-corrected chi connectivity index (χ3v) is 8.41. The van der Waals surface area contributed by atoms with Crippen molar-refractivity contribution < 1.29 is 14.3 Å². The molecule has 0 saturated carbocycles. The Balaban J connectivity index is 1.41. The molecule has 1 N–H and O–H groups in total. The minimum atomic E-state index is -0.402. The largest absolute Gasteiger partial charge is 0.462 e. The lowest BCUT2D eigenvalue weighted by molar-refractivity contribution is -0.113. The minimum Gasteiger partial charge on any atom is -0.462 e. The van der Waals surface area contributed by atoms with Crippen LogP contribution >= 0.6 is 23.1 Å². The number of esters is 1. The molecule has 0 spiro atoms. The number of thioether (sulfide) groups is 1. The van der Waals surface area contributed by atoms with Crippen molar-refractivity contribution in [2.75, 3.05) is 17.7 Å². The van der Waals surface area contributed by atoms with Crippen LogP contribution in [0.5, 0.6) is 0 Å². The van der Waals surface area contributed by atoms with Crippen molar-refractivity contribution in [3.8, 4) is 5.69 Å². The highest BCUT2D eigenvalue weighted by Crippen LogP contribution is 2.37. The predicted octanol–water partition coefficient (Wildman–Crippen LogP) is 5.48. The average molecular weight is 534 g/mol. The highest BCUT2D eigenvalue weighted by molar-refractivity contribution is 7.99. The quantitative estimate of drug-likeness (QED) is 0.192. The Morgan fingerprint density at radius 3 is 2.65 bits per heavy atom. The maximum absolute atomic E-state index is 13.8. The van der Waals surface area contributed by atoms with Crippen LogP contribution in [0, 0.1) is 5.92 Å². The summed E-state index contributed by atoms with van der Waals surface area (Å²) < 4.78 is 6.62. The molecule has 37 heavy (non-hydrogen) atoms. The van der Waals surface area contributed by atoms with E-state index in [2.05, 4.69) is 12.2 Å². The van der Waals surface area contributed by atoms with E-state index in [-0.39, 0.29) is 17.2 Å². The minimum absolute atomic E-state index is 0.0759. The summed E-state index contributed by atoms with van der Waals surface area (Å²) >= 11 is 2.84. The van der Waals surface area contributed by atoms with Gasteiger partial charge >= 0.3 is 5.97 Å². The van der Waals surface area contributed by atoms with Crippen LogP contribution in [0.1, 0.15) is 41.1 Å². The Morgan fingerprint density at radius 1 is 1.16 bits per heavy atom. The molecular formula is C28H27N3O4S2. The van der Waals surface area contributed by atoms with Gasteiger partial charge in [0.2, 0.25) is 5.91 Å². The molecule has 0 unspecified atom stereocenters. The number of hydrogen-bond acceptors (Lipinski definition) is 7. The molecule has 0 aliphatic heterocycles. The van der Waals surface area contributed by atoms with Gasteiger partial charge in [0.1, 0.15) is 4.83 Å². The van der Waals surface area contributed by atoms with Gasteiger partial charge in [-0.1, -0.05) is 36.9 Å². The number of ether oxygens (including phenoxy) is 1. The molecule has 2 aromatic heterocycles. The number of rotatable bonds is 7. The summed E-state index contributed by atoms with van der Waals surface area (Å²) in [6.45, 7) is 4.30. The first kappa shape index (κ1) is 25.2. The summed E-state index contributed by atoms with van der Waals surface area (Å²) in [5, 5.41) is 4.04. The van der Waals surface area contributed by atoms with Crippen LogP contribution < -0.4 is 10.9 Å². The van der Waals surface area contributed by atoms with Crippen LogP contribution in [0.25, 0.3) is 15.9 Å². The normalized spacial score (nSPS) is 14.8. The monoisotopic (exact) mass is 533 g/mol. The van der Waals surface area contributed by atoms with Crippen LogP contribution in [0.15, 0.2) is 64.5 Å². The summed E-state index contributed by atoms with van der Waals surface area (Å²) in [5.74, 6) is 0.0379. The van der Waals surface area contributed by atoms with E-state index in [1.807, 2.05) is 30.3 Å². The van der Waals surface area contributed by atoms with E-state index >= 15 is 0 Å². The Morgan fingerprint density at radius 2 is 1.92 bits per heavy atom. The van der Waals surface area contributed by atoms with Crippen molar-refractivity contribution in [3.63, 3.8) is 0 Å². The zero-order valence-electron chi connectivity index (χ0n) is 20.7. The van der Waals surface area contributed by atoms with Crippen LogP contribution in [0.4, 0.5) is 5.69 Å². The molecule has 4 aromatic rings. The summed E-state index contributed by atoms with van der Waals surface area (Å²) in [4.78, 5) is 45.3. The van der Waals surface area contributed by atoms with E-state index in [4.69, 9.17) is 9.72 Å². The number of fused-ring (bicyclic) bond motifs is 3. The van der Waals surface area contributed by atoms with Crippen molar-refractivity contribution >= 4 is 50.9 Å². The van der Waals surface area contributed by atoms with Crippen LogP contribution in [-0.4, -0.2) is 33.8 Å². The molecule has 1 aliphatic rings. The summed E-state index contributed by atoms with van der Waals surface area (Å²) in [7, 11) is 0. The molecule has 2 aromatic carbocycles. The maximum atomic E-state index is 13.8. The molecule has 0 radical (unpaired) electrons. The van der Waals surface area contributed by atoms with Crippen molar-refractivity contribution in [2.24, 2.45) is 5.92 Å². The van der Waals surface area contributed by atoms with Crippen LogP contribution in [0.3, 0.4) is 0 Å². The molecule has 1 aliphatic carbocycles. The summed E-state index contributed by atoms with van der Waals surface area (Å²) in [5.41, 5.74) is 2.78. The van der Waals surface area contributed by atoms with E-state index < -0.39 is 5.97 Å². The number of carbonyl (C=O) groups excluding carboxylic acids is 2. The van der Waals surface area contributed by atoms with E-state index in [9.17, 15) is 14.4 Å². The Kier molecular flexibility index (Phi) is 7.43. The van der Waals surface area contributed by atoms with E-state index in [1.165, 1.54) is 16.6 Å². The van der Waals surface area contributed by atoms with Gasteiger partial charge in [0.15, 0.2) is 5.16 Å². The highest BCUT2D eigenvalue weighted by Gasteiger charge is 2.25. The molecule has 7 nitrogen and oxygen atoms in total. The molecular weight excluding hydrogens is 506 g/mol.